The van der Waals surface area contributed by atoms with E-state index in [2.05, 4.69) is 13.8 Å². The molecule has 0 aliphatic heterocycles. The first kappa shape index (κ1) is 12.6. The summed E-state index contributed by atoms with van der Waals surface area (Å²) in [7, 11) is 1.75. The van der Waals surface area contributed by atoms with Gasteiger partial charge in [0.2, 0.25) is 0 Å². The highest BCUT2D eigenvalue weighted by atomic mass is 16.5. The molecular weight excluding hydrogens is 164 g/mol. The molecule has 2 heteroatoms. The van der Waals surface area contributed by atoms with E-state index in [0.29, 0.717) is 6.42 Å². The van der Waals surface area contributed by atoms with Gasteiger partial charge in [-0.3, -0.25) is 0 Å². The van der Waals surface area contributed by atoms with E-state index in [4.69, 9.17) is 4.74 Å². The van der Waals surface area contributed by atoms with Crippen LogP contribution in [0.1, 0.15) is 52.9 Å². The molecule has 0 rings (SSSR count). The van der Waals surface area contributed by atoms with Gasteiger partial charge in [0.1, 0.15) is 5.78 Å². The van der Waals surface area contributed by atoms with E-state index in [0.717, 1.165) is 25.7 Å². The molecule has 0 aliphatic rings. The number of hydrogen-bond donors (Lipinski definition) is 0. The maximum absolute atomic E-state index is 10.7. The molecule has 13 heavy (non-hydrogen) atoms. The average Bonchev–Trinajstić information content (AvgIpc) is 2.04. The number of Topliss-reactive ketones (excluding diaryl/α,β-unsaturated/α-hetero) is 1. The Bertz CT molecular complexity index is 154. The number of ketones is 1. The Labute approximate surface area is 81.7 Å². The molecule has 1 atom stereocenters. The lowest BCUT2D eigenvalue weighted by Crippen LogP contribution is -2.26. The van der Waals surface area contributed by atoms with Crippen LogP contribution in [-0.2, 0) is 9.53 Å². The van der Waals surface area contributed by atoms with Crippen LogP contribution in [-0.4, -0.2) is 18.5 Å². The van der Waals surface area contributed by atoms with Gasteiger partial charge in [0.15, 0.2) is 0 Å². The Kier molecular flexibility index (Phi) is 5.97. The second kappa shape index (κ2) is 6.14. The summed E-state index contributed by atoms with van der Waals surface area (Å²) in [6, 6.07) is 0. The van der Waals surface area contributed by atoms with Crippen LogP contribution >= 0.6 is 0 Å². The minimum atomic E-state index is -0.0236. The number of rotatable bonds is 7. The van der Waals surface area contributed by atoms with Gasteiger partial charge in [-0.05, 0) is 33.1 Å². The standard InChI is InChI=1S/C11H22O2/c1-5-8-11(3,13-4)9-6-7-10(2)12/h5-9H2,1-4H3/t11-/m0/s1. The maximum Gasteiger partial charge on any atom is 0.129 e. The summed E-state index contributed by atoms with van der Waals surface area (Å²) in [6.07, 6.45) is 4.81. The smallest absolute Gasteiger partial charge is 0.129 e. The summed E-state index contributed by atoms with van der Waals surface area (Å²) >= 11 is 0. The Balaban J connectivity index is 3.76. The predicted molar refractivity (Wildman–Crippen MR) is 54.9 cm³/mol. The van der Waals surface area contributed by atoms with Crippen molar-refractivity contribution in [3.8, 4) is 0 Å². The molecule has 0 aromatic carbocycles. The van der Waals surface area contributed by atoms with Crippen LogP contribution in [0.3, 0.4) is 0 Å². The minimum Gasteiger partial charge on any atom is -0.379 e. The first-order valence-corrected chi connectivity index (χ1v) is 5.08. The lowest BCUT2D eigenvalue weighted by molar-refractivity contribution is -0.117. The van der Waals surface area contributed by atoms with Crippen LogP contribution in [0.5, 0.6) is 0 Å². The number of carbonyl (C=O) groups is 1. The van der Waals surface area contributed by atoms with Gasteiger partial charge < -0.3 is 9.53 Å². The highest BCUT2D eigenvalue weighted by Gasteiger charge is 2.21. The van der Waals surface area contributed by atoms with Crippen LogP contribution in [0.2, 0.25) is 0 Å². The molecule has 0 aromatic heterocycles. The van der Waals surface area contributed by atoms with Gasteiger partial charge in [-0.25, -0.2) is 0 Å². The minimum absolute atomic E-state index is 0.0236. The highest BCUT2D eigenvalue weighted by Crippen LogP contribution is 2.23. The third-order valence-electron chi connectivity index (χ3n) is 2.51. The predicted octanol–water partition coefficient (Wildman–Crippen LogP) is 2.95. The number of ether oxygens (including phenoxy) is 1. The van der Waals surface area contributed by atoms with E-state index in [-0.39, 0.29) is 11.4 Å². The van der Waals surface area contributed by atoms with Crippen molar-refractivity contribution in [2.24, 2.45) is 0 Å². The fourth-order valence-corrected chi connectivity index (χ4v) is 1.57. The molecule has 0 fully saturated rings. The van der Waals surface area contributed by atoms with Crippen molar-refractivity contribution < 1.29 is 9.53 Å². The summed E-state index contributed by atoms with van der Waals surface area (Å²) in [5.41, 5.74) is -0.0236. The van der Waals surface area contributed by atoms with Crippen LogP contribution in [0.15, 0.2) is 0 Å². The summed E-state index contributed by atoms with van der Waals surface area (Å²) in [5.74, 6) is 0.273. The highest BCUT2D eigenvalue weighted by molar-refractivity contribution is 5.75. The summed E-state index contributed by atoms with van der Waals surface area (Å²) in [5, 5.41) is 0. The first-order valence-electron chi connectivity index (χ1n) is 5.08. The van der Waals surface area contributed by atoms with E-state index in [1.165, 1.54) is 0 Å². The third-order valence-corrected chi connectivity index (χ3v) is 2.51. The topological polar surface area (TPSA) is 26.3 Å². The van der Waals surface area contributed by atoms with Crippen molar-refractivity contribution in [1.29, 1.82) is 0 Å². The summed E-state index contributed by atoms with van der Waals surface area (Å²) in [4.78, 5) is 10.7. The molecule has 2 nitrogen and oxygen atoms in total. The summed E-state index contributed by atoms with van der Waals surface area (Å²) in [6.45, 7) is 5.92. The maximum atomic E-state index is 10.7. The number of carbonyl (C=O) groups excluding carboxylic acids is 1. The van der Waals surface area contributed by atoms with Crippen molar-refractivity contribution in [1.82, 2.24) is 0 Å². The third kappa shape index (κ3) is 5.81. The van der Waals surface area contributed by atoms with E-state index in [1.54, 1.807) is 14.0 Å². The molecule has 0 unspecified atom stereocenters. The lowest BCUT2D eigenvalue weighted by atomic mass is 9.93. The van der Waals surface area contributed by atoms with E-state index in [1.807, 2.05) is 0 Å². The van der Waals surface area contributed by atoms with Crippen LogP contribution < -0.4 is 0 Å². The summed E-state index contributed by atoms with van der Waals surface area (Å²) < 4.78 is 5.45. The zero-order chi connectivity index (χ0) is 10.3. The molecule has 78 valence electrons. The SMILES string of the molecule is CCC[C@@](C)(CCCC(C)=O)OC. The van der Waals surface area contributed by atoms with Gasteiger partial charge in [-0.2, -0.15) is 0 Å². The van der Waals surface area contributed by atoms with E-state index >= 15 is 0 Å². The molecule has 0 radical (unpaired) electrons. The van der Waals surface area contributed by atoms with Crippen molar-refractivity contribution in [2.75, 3.05) is 7.11 Å². The monoisotopic (exact) mass is 186 g/mol. The lowest BCUT2D eigenvalue weighted by Gasteiger charge is -2.27. The van der Waals surface area contributed by atoms with Gasteiger partial charge >= 0.3 is 0 Å². The molecule has 0 bridgehead atoms. The Morgan fingerprint density at radius 3 is 2.38 bits per heavy atom. The van der Waals surface area contributed by atoms with Gasteiger partial charge in [-0.15, -0.1) is 0 Å². The molecule has 0 aliphatic carbocycles. The molecule has 0 amide bonds. The second-order valence-electron chi connectivity index (χ2n) is 3.96. The zero-order valence-electron chi connectivity index (χ0n) is 9.35. The zero-order valence-corrected chi connectivity index (χ0v) is 9.35. The van der Waals surface area contributed by atoms with Gasteiger partial charge in [0, 0.05) is 13.5 Å². The van der Waals surface area contributed by atoms with Crippen molar-refractivity contribution in [3.05, 3.63) is 0 Å². The van der Waals surface area contributed by atoms with Crippen molar-refractivity contribution in [2.45, 2.75) is 58.5 Å². The quantitative estimate of drug-likeness (QED) is 0.611. The van der Waals surface area contributed by atoms with E-state index < -0.39 is 0 Å². The molecule has 0 saturated carbocycles. The first-order chi connectivity index (χ1) is 6.04. The van der Waals surface area contributed by atoms with E-state index in [9.17, 15) is 4.79 Å². The van der Waals surface area contributed by atoms with Crippen molar-refractivity contribution >= 4 is 5.78 Å². The van der Waals surface area contributed by atoms with Crippen LogP contribution in [0, 0.1) is 0 Å². The Hall–Kier alpha value is -0.370. The fourth-order valence-electron chi connectivity index (χ4n) is 1.57. The molecule has 0 heterocycles. The fraction of sp³-hybridized carbons (Fsp3) is 0.909. The normalized spacial score (nSPS) is 15.4. The van der Waals surface area contributed by atoms with Crippen LogP contribution in [0.4, 0.5) is 0 Å². The average molecular weight is 186 g/mol. The molecule has 0 saturated heterocycles. The largest absolute Gasteiger partial charge is 0.379 e. The molecule has 0 spiro atoms. The molecule has 0 aromatic rings. The molecule has 0 N–H and O–H groups in total. The Morgan fingerprint density at radius 1 is 1.38 bits per heavy atom. The van der Waals surface area contributed by atoms with Crippen molar-refractivity contribution in [3.63, 3.8) is 0 Å². The van der Waals surface area contributed by atoms with Gasteiger partial charge in [0.25, 0.3) is 0 Å². The second-order valence-corrected chi connectivity index (χ2v) is 3.96. The number of methoxy groups -OCH3 is 1. The van der Waals surface area contributed by atoms with Gasteiger partial charge in [0.05, 0.1) is 5.60 Å². The Morgan fingerprint density at radius 2 is 2.00 bits per heavy atom. The van der Waals surface area contributed by atoms with Crippen LogP contribution in [0.25, 0.3) is 0 Å². The van der Waals surface area contributed by atoms with Gasteiger partial charge in [-0.1, -0.05) is 13.3 Å². The number of hydrogen-bond acceptors (Lipinski definition) is 2. The molecular formula is C11H22O2.